The van der Waals surface area contributed by atoms with Crippen molar-refractivity contribution in [3.63, 3.8) is 0 Å². The molecule has 40 heavy (non-hydrogen) atoms. The summed E-state index contributed by atoms with van der Waals surface area (Å²) in [6, 6.07) is 6.17. The molecular weight excluding hydrogens is 549 g/mol. The summed E-state index contributed by atoms with van der Waals surface area (Å²) in [6.45, 7) is 1.26. The van der Waals surface area contributed by atoms with Gasteiger partial charge in [0.1, 0.15) is 0 Å². The van der Waals surface area contributed by atoms with Crippen molar-refractivity contribution in [1.82, 2.24) is 24.4 Å². The molecule has 2 aromatic heterocycles. The molecule has 3 fully saturated rings. The zero-order chi connectivity index (χ0) is 27.6. The maximum absolute atomic E-state index is 12.9. The molecule has 2 saturated carbocycles. The van der Waals surface area contributed by atoms with E-state index < -0.39 is 0 Å². The van der Waals surface area contributed by atoms with E-state index in [2.05, 4.69) is 20.5 Å². The van der Waals surface area contributed by atoms with Crippen molar-refractivity contribution < 1.29 is 4.79 Å². The number of imidazole rings is 1. The Morgan fingerprint density at radius 1 is 0.900 bits per heavy atom. The normalized spacial score (nSPS) is 22.5. The lowest BCUT2D eigenvalue weighted by atomic mass is 9.92. The van der Waals surface area contributed by atoms with Gasteiger partial charge in [-0.25, -0.2) is 9.78 Å². The van der Waals surface area contributed by atoms with E-state index in [0.717, 1.165) is 68.3 Å². The van der Waals surface area contributed by atoms with E-state index in [1.807, 2.05) is 11.2 Å². The van der Waals surface area contributed by atoms with Crippen LogP contribution in [0.3, 0.4) is 0 Å². The Morgan fingerprint density at radius 3 is 2.35 bits per heavy atom. The summed E-state index contributed by atoms with van der Waals surface area (Å²) in [7, 11) is 0. The number of carbonyl (C=O) groups excluding carboxylic acids is 1. The number of piperidine rings is 1. The van der Waals surface area contributed by atoms with Gasteiger partial charge in [0.15, 0.2) is 17.0 Å². The molecule has 1 saturated heterocycles. The topological polar surface area (TPSA) is 126 Å². The van der Waals surface area contributed by atoms with Crippen LogP contribution in [0.2, 0.25) is 10.0 Å². The van der Waals surface area contributed by atoms with E-state index in [1.54, 1.807) is 18.2 Å². The second-order valence-corrected chi connectivity index (χ2v) is 12.2. The number of urea groups is 1. The third kappa shape index (κ3) is 6.09. The molecule has 12 heteroatoms. The van der Waals surface area contributed by atoms with Gasteiger partial charge in [-0.05, 0) is 69.6 Å². The summed E-state index contributed by atoms with van der Waals surface area (Å²) < 4.78 is 2.24. The maximum atomic E-state index is 12.9. The van der Waals surface area contributed by atoms with E-state index in [0.29, 0.717) is 52.9 Å². The fourth-order valence-electron chi connectivity index (χ4n) is 6.17. The lowest BCUT2D eigenvalue weighted by Crippen LogP contribution is -2.44. The van der Waals surface area contributed by atoms with Crippen molar-refractivity contribution in [3.8, 4) is 0 Å². The van der Waals surface area contributed by atoms with Gasteiger partial charge in [0.25, 0.3) is 0 Å². The predicted octanol–water partition coefficient (Wildman–Crippen LogP) is 6.04. The first kappa shape index (κ1) is 27.4. The molecule has 2 aliphatic carbocycles. The van der Waals surface area contributed by atoms with E-state index in [1.165, 1.54) is 12.8 Å². The maximum Gasteiger partial charge on any atom is 0.321 e. The summed E-state index contributed by atoms with van der Waals surface area (Å²) in [4.78, 5) is 29.3. The average molecular weight is 587 g/mol. The van der Waals surface area contributed by atoms with E-state index in [4.69, 9.17) is 43.9 Å². The van der Waals surface area contributed by atoms with E-state index >= 15 is 0 Å². The number of nitrogens with one attached hydrogen (secondary N) is 3. The summed E-state index contributed by atoms with van der Waals surface area (Å²) in [5, 5.41) is 11.0. The second-order valence-electron chi connectivity index (χ2n) is 11.4. The van der Waals surface area contributed by atoms with Gasteiger partial charge in [-0.2, -0.15) is 9.97 Å². The van der Waals surface area contributed by atoms with Gasteiger partial charge in [0.2, 0.25) is 5.95 Å². The molecule has 5 N–H and O–H groups in total. The SMILES string of the molecule is NC1CCC(Nc2nc(NC3CCN(C(=O)Nc4ccc(Cl)c(Cl)c4)CC3)c3ncn(C4CCCC4)c3n2)CC1. The van der Waals surface area contributed by atoms with Crippen molar-refractivity contribution in [2.75, 3.05) is 29.0 Å². The van der Waals surface area contributed by atoms with Crippen molar-refractivity contribution in [2.45, 2.75) is 88.4 Å². The van der Waals surface area contributed by atoms with Gasteiger partial charge >= 0.3 is 6.03 Å². The Bertz CT molecular complexity index is 1340. The number of aromatic nitrogens is 4. The Morgan fingerprint density at radius 2 is 1.62 bits per heavy atom. The zero-order valence-electron chi connectivity index (χ0n) is 22.6. The minimum Gasteiger partial charge on any atom is -0.365 e. The Labute approximate surface area is 244 Å². The number of likely N-dealkylation sites (tertiary alicyclic amines) is 1. The van der Waals surface area contributed by atoms with E-state index in [9.17, 15) is 4.79 Å². The van der Waals surface area contributed by atoms with Crippen molar-refractivity contribution in [2.24, 2.45) is 5.73 Å². The number of benzene rings is 1. The highest BCUT2D eigenvalue weighted by Gasteiger charge is 2.27. The smallest absolute Gasteiger partial charge is 0.321 e. The first-order valence-electron chi connectivity index (χ1n) is 14.5. The van der Waals surface area contributed by atoms with Gasteiger partial charge in [0.05, 0.1) is 16.4 Å². The molecule has 0 unspecified atom stereocenters. The molecule has 1 aliphatic heterocycles. The van der Waals surface area contributed by atoms with Gasteiger partial charge in [-0.15, -0.1) is 0 Å². The molecular formula is C28H37Cl2N9O. The monoisotopic (exact) mass is 585 g/mol. The number of nitrogens with zero attached hydrogens (tertiary/aromatic N) is 5. The van der Waals surface area contributed by atoms with Crippen molar-refractivity contribution >= 4 is 57.9 Å². The van der Waals surface area contributed by atoms with Crippen LogP contribution in [0.15, 0.2) is 24.5 Å². The molecule has 214 valence electrons. The fraction of sp³-hybridized carbons (Fsp3) is 0.571. The van der Waals surface area contributed by atoms with Gasteiger partial charge in [-0.1, -0.05) is 36.0 Å². The minimum absolute atomic E-state index is 0.143. The lowest BCUT2D eigenvalue weighted by Gasteiger charge is -2.32. The molecule has 0 bridgehead atoms. The first-order valence-corrected chi connectivity index (χ1v) is 15.2. The number of hydrogen-bond donors (Lipinski definition) is 4. The van der Waals surface area contributed by atoms with Crippen molar-refractivity contribution in [1.29, 1.82) is 0 Å². The van der Waals surface area contributed by atoms with Crippen LogP contribution in [0.4, 0.5) is 22.2 Å². The van der Waals surface area contributed by atoms with Crippen molar-refractivity contribution in [3.05, 3.63) is 34.6 Å². The molecule has 0 radical (unpaired) electrons. The number of nitrogens with two attached hydrogens (primary N) is 1. The summed E-state index contributed by atoms with van der Waals surface area (Å²) in [6.07, 6.45) is 12.4. The molecule has 1 aromatic carbocycles. The van der Waals surface area contributed by atoms with Crippen LogP contribution in [-0.4, -0.2) is 61.7 Å². The molecule has 10 nitrogen and oxygen atoms in total. The molecule has 2 amide bonds. The fourth-order valence-corrected chi connectivity index (χ4v) is 6.47. The van der Waals surface area contributed by atoms with Crippen LogP contribution in [0.1, 0.15) is 70.3 Å². The highest BCUT2D eigenvalue weighted by Crippen LogP contribution is 2.34. The quantitative estimate of drug-likeness (QED) is 0.278. The number of amides is 2. The number of anilines is 3. The number of rotatable bonds is 6. The third-order valence-corrected chi connectivity index (χ3v) is 9.28. The molecule has 3 aliphatic rings. The predicted molar refractivity (Wildman–Crippen MR) is 160 cm³/mol. The van der Waals surface area contributed by atoms with Gasteiger partial charge in [0, 0.05) is 42.9 Å². The largest absolute Gasteiger partial charge is 0.365 e. The molecule has 0 spiro atoms. The summed E-state index contributed by atoms with van der Waals surface area (Å²) in [5.41, 5.74) is 8.45. The zero-order valence-corrected chi connectivity index (χ0v) is 24.1. The Balaban J connectivity index is 1.15. The molecule has 6 rings (SSSR count). The van der Waals surface area contributed by atoms with E-state index in [-0.39, 0.29) is 12.1 Å². The number of halogens is 2. The van der Waals surface area contributed by atoms with Crippen LogP contribution in [-0.2, 0) is 0 Å². The highest BCUT2D eigenvalue weighted by molar-refractivity contribution is 6.42. The first-order chi connectivity index (χ1) is 19.4. The van der Waals surface area contributed by atoms with Crippen LogP contribution < -0.4 is 21.7 Å². The molecule has 0 atom stereocenters. The molecule has 3 aromatic rings. The highest BCUT2D eigenvalue weighted by atomic mass is 35.5. The second kappa shape index (κ2) is 12.0. The third-order valence-electron chi connectivity index (χ3n) is 8.54. The summed E-state index contributed by atoms with van der Waals surface area (Å²) in [5.74, 6) is 1.41. The number of fused-ring (bicyclic) bond motifs is 1. The Kier molecular flexibility index (Phi) is 8.18. The number of carbonyl (C=O) groups is 1. The van der Waals surface area contributed by atoms with Crippen LogP contribution in [0.5, 0.6) is 0 Å². The van der Waals surface area contributed by atoms with Gasteiger partial charge < -0.3 is 31.2 Å². The lowest BCUT2D eigenvalue weighted by molar-refractivity contribution is 0.197. The standard InChI is InChI=1S/C28H37Cl2N9O/c29-22-10-9-20(15-23(22)30)35-28(40)38-13-11-19(12-14-38)33-25-24-26(39(16-32-24)21-3-1-2-4-21)37-27(36-25)34-18-7-5-17(31)6-8-18/h9-10,15-19,21H,1-8,11-14,31H2,(H,35,40)(H2,33,34,36,37). The summed E-state index contributed by atoms with van der Waals surface area (Å²) >= 11 is 12.1. The Hall–Kier alpha value is -2.82. The minimum atomic E-state index is -0.143. The molecule has 3 heterocycles. The van der Waals surface area contributed by atoms with Gasteiger partial charge in [-0.3, -0.25) is 0 Å². The van der Waals surface area contributed by atoms with Crippen LogP contribution in [0.25, 0.3) is 11.2 Å². The average Bonchev–Trinajstić information content (AvgIpc) is 3.63. The number of hydrogen-bond acceptors (Lipinski definition) is 7. The van der Waals surface area contributed by atoms with Crippen LogP contribution in [0, 0.1) is 0 Å². The van der Waals surface area contributed by atoms with Crippen LogP contribution >= 0.6 is 23.2 Å².